The number of H-pyrrole nitrogens is 2. The van der Waals surface area contributed by atoms with Crippen LogP contribution in [0.1, 0.15) is 12.1 Å². The Kier molecular flexibility index (Phi) is 5.47. The van der Waals surface area contributed by atoms with Gasteiger partial charge in [0.1, 0.15) is 11.4 Å². The zero-order valence-corrected chi connectivity index (χ0v) is 16.2. The second kappa shape index (κ2) is 8.53. The van der Waals surface area contributed by atoms with Crippen molar-refractivity contribution in [2.45, 2.75) is 12.8 Å². The number of nitrogen functional groups attached to an aromatic ring is 1. The number of carbonyl (C=O) groups excluding carboxylic acids is 1. The van der Waals surface area contributed by atoms with Crippen molar-refractivity contribution in [2.75, 3.05) is 11.1 Å². The molecule has 0 fully saturated rings. The molecule has 31 heavy (non-hydrogen) atoms. The van der Waals surface area contributed by atoms with E-state index >= 15 is 0 Å². The quantitative estimate of drug-likeness (QED) is 0.288. The maximum atomic E-state index is 12.3. The summed E-state index contributed by atoms with van der Waals surface area (Å²) in [6, 6.07) is 8.39. The van der Waals surface area contributed by atoms with E-state index in [1.54, 1.807) is 42.7 Å². The average molecular weight is 421 g/mol. The molecule has 0 radical (unpaired) electrons. The monoisotopic (exact) mass is 421 g/mol. The number of aromatic nitrogens is 5. The van der Waals surface area contributed by atoms with Gasteiger partial charge in [-0.3, -0.25) is 9.59 Å². The van der Waals surface area contributed by atoms with Gasteiger partial charge in [0.25, 0.3) is 0 Å². The van der Waals surface area contributed by atoms with Crippen LogP contribution in [-0.2, 0) is 16.0 Å². The molecule has 1 amide bonds. The molecule has 4 aromatic rings. The molecule has 1 aromatic carbocycles. The third-order valence-corrected chi connectivity index (χ3v) is 4.55. The van der Waals surface area contributed by atoms with Gasteiger partial charge in [0.15, 0.2) is 0 Å². The third-order valence-electron chi connectivity index (χ3n) is 4.55. The van der Waals surface area contributed by atoms with E-state index in [0.29, 0.717) is 34.0 Å². The van der Waals surface area contributed by atoms with Crippen molar-refractivity contribution in [2.24, 2.45) is 5.92 Å². The molecular formula is C20H19N7O4. The maximum Gasteiger partial charge on any atom is 0.307 e. The Labute approximate surface area is 175 Å². The number of nitrogens with one attached hydrogen (secondary N) is 3. The molecule has 3 heterocycles. The Morgan fingerprint density at radius 3 is 2.68 bits per heavy atom. The summed E-state index contributed by atoms with van der Waals surface area (Å²) in [4.78, 5) is 41.6. The standard InChI is InChI=1S/C20H19N7O4/c21-20-26-17-15(5-6-23-17)18(27-20)31-14-3-1-12(2-4-14)25-16(28)8-11(19(29)30)7-13-9-22-10-24-13/h1-6,9-11H,7-8H2,(H,22,24)(H,25,28)(H,29,30)(H3,21,23,26,27)/t11-/m1/s1. The number of benzene rings is 1. The van der Waals surface area contributed by atoms with Crippen LogP contribution in [0.2, 0.25) is 0 Å². The fraction of sp³-hybridized carbons (Fsp3) is 0.150. The first-order chi connectivity index (χ1) is 15.0. The zero-order chi connectivity index (χ0) is 21.8. The molecule has 158 valence electrons. The van der Waals surface area contributed by atoms with Gasteiger partial charge in [0.05, 0.1) is 17.6 Å². The summed E-state index contributed by atoms with van der Waals surface area (Å²) in [5.41, 5.74) is 7.43. The molecule has 0 unspecified atom stereocenters. The molecule has 3 aromatic heterocycles. The Hall–Kier alpha value is -4.41. The van der Waals surface area contributed by atoms with Crippen LogP contribution >= 0.6 is 0 Å². The lowest BCUT2D eigenvalue weighted by Gasteiger charge is -2.12. The Morgan fingerprint density at radius 2 is 1.97 bits per heavy atom. The van der Waals surface area contributed by atoms with Crippen LogP contribution in [-0.4, -0.2) is 41.9 Å². The van der Waals surface area contributed by atoms with E-state index in [1.165, 1.54) is 6.33 Å². The molecule has 4 rings (SSSR count). The first kappa shape index (κ1) is 19.9. The molecule has 0 spiro atoms. The molecule has 0 bridgehead atoms. The van der Waals surface area contributed by atoms with Crippen LogP contribution in [0, 0.1) is 5.92 Å². The second-order valence-corrected chi connectivity index (χ2v) is 6.82. The number of fused-ring (bicyclic) bond motifs is 1. The molecular weight excluding hydrogens is 402 g/mol. The first-order valence-corrected chi connectivity index (χ1v) is 9.36. The van der Waals surface area contributed by atoms with E-state index in [-0.39, 0.29) is 18.8 Å². The minimum atomic E-state index is -1.05. The number of imidazole rings is 1. The van der Waals surface area contributed by atoms with E-state index in [9.17, 15) is 14.7 Å². The number of carboxylic acids is 1. The number of nitrogens with zero attached hydrogens (tertiary/aromatic N) is 3. The first-order valence-electron chi connectivity index (χ1n) is 9.36. The van der Waals surface area contributed by atoms with Gasteiger partial charge in [0, 0.05) is 36.6 Å². The summed E-state index contributed by atoms with van der Waals surface area (Å²) < 4.78 is 5.79. The lowest BCUT2D eigenvalue weighted by molar-refractivity contribution is -0.143. The topological polar surface area (TPSA) is 172 Å². The number of anilines is 2. The summed E-state index contributed by atoms with van der Waals surface area (Å²) >= 11 is 0. The second-order valence-electron chi connectivity index (χ2n) is 6.82. The van der Waals surface area contributed by atoms with E-state index in [4.69, 9.17) is 10.5 Å². The Balaban J connectivity index is 1.39. The number of aliphatic carboxylic acids is 1. The highest BCUT2D eigenvalue weighted by Gasteiger charge is 2.22. The summed E-state index contributed by atoms with van der Waals surface area (Å²) in [5.74, 6) is -1.44. The van der Waals surface area contributed by atoms with Crippen molar-refractivity contribution < 1.29 is 19.4 Å². The minimum absolute atomic E-state index is 0.0805. The molecule has 0 aliphatic heterocycles. The van der Waals surface area contributed by atoms with Crippen LogP contribution < -0.4 is 15.8 Å². The molecule has 6 N–H and O–H groups in total. The van der Waals surface area contributed by atoms with Crippen LogP contribution in [0.15, 0.2) is 49.1 Å². The van der Waals surface area contributed by atoms with Gasteiger partial charge in [-0.1, -0.05) is 0 Å². The van der Waals surface area contributed by atoms with E-state index < -0.39 is 17.8 Å². The van der Waals surface area contributed by atoms with E-state index in [2.05, 4.69) is 30.2 Å². The average Bonchev–Trinajstić information content (AvgIpc) is 3.40. The lowest BCUT2D eigenvalue weighted by atomic mass is 9.99. The van der Waals surface area contributed by atoms with Gasteiger partial charge in [-0.25, -0.2) is 4.98 Å². The Bertz CT molecular complexity index is 1200. The number of hydrogen-bond donors (Lipinski definition) is 5. The highest BCUT2D eigenvalue weighted by Crippen LogP contribution is 2.28. The summed E-state index contributed by atoms with van der Waals surface area (Å²) in [7, 11) is 0. The summed E-state index contributed by atoms with van der Waals surface area (Å²) in [6.07, 6.45) is 4.73. The number of rotatable bonds is 8. The lowest BCUT2D eigenvalue weighted by Crippen LogP contribution is -2.24. The summed E-state index contributed by atoms with van der Waals surface area (Å²) in [5, 5.41) is 12.8. The fourth-order valence-electron chi connectivity index (χ4n) is 3.07. The fourth-order valence-corrected chi connectivity index (χ4v) is 3.07. The zero-order valence-electron chi connectivity index (χ0n) is 16.2. The predicted octanol–water partition coefficient (Wildman–Crippen LogP) is 2.33. The molecule has 0 aliphatic carbocycles. The number of nitrogens with two attached hydrogens (primary N) is 1. The highest BCUT2D eigenvalue weighted by atomic mass is 16.5. The van der Waals surface area contributed by atoms with E-state index in [0.717, 1.165) is 0 Å². The maximum absolute atomic E-state index is 12.3. The van der Waals surface area contributed by atoms with Crippen molar-refractivity contribution in [3.8, 4) is 11.6 Å². The van der Waals surface area contributed by atoms with Crippen molar-refractivity contribution in [1.82, 2.24) is 24.9 Å². The van der Waals surface area contributed by atoms with Crippen molar-refractivity contribution in [3.05, 3.63) is 54.7 Å². The molecule has 0 aliphatic rings. The number of amides is 1. The number of hydrogen-bond acceptors (Lipinski definition) is 7. The highest BCUT2D eigenvalue weighted by molar-refractivity contribution is 5.93. The van der Waals surface area contributed by atoms with E-state index in [1.807, 2.05) is 0 Å². The molecule has 0 saturated carbocycles. The van der Waals surface area contributed by atoms with Crippen LogP contribution in [0.3, 0.4) is 0 Å². The summed E-state index contributed by atoms with van der Waals surface area (Å²) in [6.45, 7) is 0. The normalized spacial score (nSPS) is 11.9. The van der Waals surface area contributed by atoms with Crippen LogP contribution in [0.25, 0.3) is 11.0 Å². The SMILES string of the molecule is Nc1nc(Oc2ccc(NC(=O)C[C@@H](Cc3cnc[nH]3)C(=O)O)cc2)c2cc[nH]c2n1. The van der Waals surface area contributed by atoms with Gasteiger partial charge in [0.2, 0.25) is 17.7 Å². The molecule has 0 saturated heterocycles. The largest absolute Gasteiger partial charge is 0.481 e. The minimum Gasteiger partial charge on any atom is -0.481 e. The number of ether oxygens (including phenoxy) is 1. The van der Waals surface area contributed by atoms with Gasteiger partial charge in [-0.05, 0) is 30.3 Å². The number of carboxylic acid groups (broad SMARTS) is 1. The van der Waals surface area contributed by atoms with Crippen molar-refractivity contribution >= 4 is 34.5 Å². The van der Waals surface area contributed by atoms with Gasteiger partial charge in [-0.15, -0.1) is 0 Å². The van der Waals surface area contributed by atoms with Gasteiger partial charge in [-0.2, -0.15) is 9.97 Å². The molecule has 11 nitrogen and oxygen atoms in total. The third kappa shape index (κ3) is 4.78. The Morgan fingerprint density at radius 1 is 1.16 bits per heavy atom. The molecule has 11 heteroatoms. The van der Waals surface area contributed by atoms with Crippen LogP contribution in [0.5, 0.6) is 11.6 Å². The number of carbonyl (C=O) groups is 2. The van der Waals surface area contributed by atoms with Crippen molar-refractivity contribution in [3.63, 3.8) is 0 Å². The van der Waals surface area contributed by atoms with Crippen molar-refractivity contribution in [1.29, 1.82) is 0 Å². The predicted molar refractivity (Wildman–Crippen MR) is 111 cm³/mol. The molecule has 1 atom stereocenters. The van der Waals surface area contributed by atoms with Gasteiger partial charge >= 0.3 is 5.97 Å². The van der Waals surface area contributed by atoms with Gasteiger partial charge < -0.3 is 30.9 Å². The van der Waals surface area contributed by atoms with Crippen LogP contribution in [0.4, 0.5) is 11.6 Å². The smallest absolute Gasteiger partial charge is 0.307 e. The number of aromatic amines is 2.